The van der Waals surface area contributed by atoms with Crippen molar-refractivity contribution in [2.24, 2.45) is 0 Å². The first kappa shape index (κ1) is 13.1. The molecule has 0 heterocycles. The zero-order valence-corrected chi connectivity index (χ0v) is 9.59. The van der Waals surface area contributed by atoms with Crippen LogP contribution < -0.4 is 5.32 Å². The fourth-order valence-corrected chi connectivity index (χ4v) is 0.992. The number of quaternary nitrogens is 1. The van der Waals surface area contributed by atoms with Crippen molar-refractivity contribution in [2.45, 2.75) is 20.3 Å². The molecule has 0 unspecified atom stereocenters. The van der Waals surface area contributed by atoms with Gasteiger partial charge in [0.25, 0.3) is 5.91 Å². The lowest BCUT2D eigenvalue weighted by atomic mass is 10.3. The van der Waals surface area contributed by atoms with E-state index in [0.29, 0.717) is 6.54 Å². The van der Waals surface area contributed by atoms with E-state index < -0.39 is 11.7 Å². The third-order valence-electron chi connectivity index (χ3n) is 2.40. The molecule has 0 aromatic heterocycles. The summed E-state index contributed by atoms with van der Waals surface area (Å²) in [5.41, 5.74) is 0. The Hall–Kier alpha value is -0.900. The number of carbonyl (C=O) groups is 2. The quantitative estimate of drug-likeness (QED) is 0.378. The molecule has 14 heavy (non-hydrogen) atoms. The Kier molecular flexibility index (Phi) is 5.38. The summed E-state index contributed by atoms with van der Waals surface area (Å²) in [6.45, 7) is 6.07. The first-order valence-corrected chi connectivity index (χ1v) is 5.00. The zero-order chi connectivity index (χ0) is 11.2. The zero-order valence-electron chi connectivity index (χ0n) is 9.59. The fraction of sp³-hybridized carbons (Fsp3) is 0.800. The van der Waals surface area contributed by atoms with E-state index >= 15 is 0 Å². The molecule has 0 radical (unpaired) electrons. The second-order valence-electron chi connectivity index (χ2n) is 4.14. The summed E-state index contributed by atoms with van der Waals surface area (Å²) in [4.78, 5) is 21.4. The molecule has 82 valence electrons. The van der Waals surface area contributed by atoms with Gasteiger partial charge in [-0.25, -0.2) is 0 Å². The molecule has 0 aromatic rings. The minimum absolute atomic E-state index is 0.422. The number of amides is 1. The highest BCUT2D eigenvalue weighted by atomic mass is 16.2. The molecule has 0 aliphatic rings. The molecule has 0 rings (SSSR count). The van der Waals surface area contributed by atoms with Crippen LogP contribution in [0.15, 0.2) is 0 Å². The molecule has 0 saturated carbocycles. The van der Waals surface area contributed by atoms with Crippen molar-refractivity contribution in [3.63, 3.8) is 0 Å². The van der Waals surface area contributed by atoms with Crippen LogP contribution in [0.2, 0.25) is 0 Å². The number of hydrogen-bond donors (Lipinski definition) is 1. The first-order valence-electron chi connectivity index (χ1n) is 5.00. The highest BCUT2D eigenvalue weighted by Gasteiger charge is 2.11. The van der Waals surface area contributed by atoms with Crippen LogP contribution in [0.5, 0.6) is 0 Å². The highest BCUT2D eigenvalue weighted by Crippen LogP contribution is 1.96. The van der Waals surface area contributed by atoms with Crippen LogP contribution in [0.1, 0.15) is 20.3 Å². The lowest BCUT2D eigenvalue weighted by Gasteiger charge is -2.28. The first-order chi connectivity index (χ1) is 6.39. The summed E-state index contributed by atoms with van der Waals surface area (Å²) in [6.07, 6.45) is 0.903. The summed E-state index contributed by atoms with van der Waals surface area (Å²) in [7, 11) is 4.29. The highest BCUT2D eigenvalue weighted by molar-refractivity contribution is 6.35. The predicted octanol–water partition coefficient (Wildman–Crippen LogP) is 0.178. The minimum atomic E-state index is -0.480. The van der Waals surface area contributed by atoms with E-state index in [9.17, 15) is 9.59 Å². The van der Waals surface area contributed by atoms with E-state index in [4.69, 9.17) is 0 Å². The number of rotatable bonds is 6. The van der Waals surface area contributed by atoms with Crippen molar-refractivity contribution < 1.29 is 14.1 Å². The molecule has 0 saturated heterocycles. The van der Waals surface area contributed by atoms with E-state index in [2.05, 4.69) is 26.3 Å². The van der Waals surface area contributed by atoms with Gasteiger partial charge in [-0.3, -0.25) is 9.59 Å². The number of nitrogens with zero attached hydrogens (tertiary/aromatic N) is 1. The molecule has 4 nitrogen and oxygen atoms in total. The molecule has 1 amide bonds. The summed E-state index contributed by atoms with van der Waals surface area (Å²) < 4.78 is 0.940. The Morgan fingerprint density at radius 2 is 1.86 bits per heavy atom. The van der Waals surface area contributed by atoms with E-state index in [0.717, 1.165) is 24.0 Å². The monoisotopic (exact) mass is 201 g/mol. The van der Waals surface area contributed by atoms with Crippen LogP contribution in [0.25, 0.3) is 0 Å². The normalized spacial score (nSPS) is 11.1. The largest absolute Gasteiger partial charge is 0.349 e. The molecule has 1 N–H and O–H groups in total. The van der Waals surface area contributed by atoms with Gasteiger partial charge in [-0.2, -0.15) is 0 Å². The molecular formula is C10H21N2O2+. The Morgan fingerprint density at radius 3 is 2.29 bits per heavy atom. The van der Waals surface area contributed by atoms with Gasteiger partial charge in [-0.15, -0.1) is 0 Å². The maximum atomic E-state index is 10.9. The average Bonchev–Trinajstić information content (AvgIpc) is 2.12. The maximum absolute atomic E-state index is 10.9. The Balaban J connectivity index is 3.57. The van der Waals surface area contributed by atoms with Gasteiger partial charge < -0.3 is 9.80 Å². The molecule has 0 aromatic carbocycles. The Morgan fingerprint density at radius 1 is 1.29 bits per heavy atom. The molecule has 0 aliphatic heterocycles. The predicted molar refractivity (Wildman–Crippen MR) is 55.8 cm³/mol. The van der Waals surface area contributed by atoms with Gasteiger partial charge in [-0.05, 0) is 6.92 Å². The summed E-state index contributed by atoms with van der Waals surface area (Å²) >= 11 is 0. The van der Waals surface area contributed by atoms with Gasteiger partial charge in [0, 0.05) is 19.9 Å². The van der Waals surface area contributed by atoms with Gasteiger partial charge in [-0.1, -0.05) is 0 Å². The lowest BCUT2D eigenvalue weighted by Crippen LogP contribution is -2.41. The van der Waals surface area contributed by atoms with Crippen LogP contribution >= 0.6 is 0 Å². The number of hydrogen-bond acceptors (Lipinski definition) is 2. The summed E-state index contributed by atoms with van der Waals surface area (Å²) in [5.74, 6) is -0.902. The molecule has 0 spiro atoms. The van der Waals surface area contributed by atoms with Crippen LogP contribution in [-0.4, -0.2) is 49.9 Å². The Labute approximate surface area is 85.9 Å². The van der Waals surface area contributed by atoms with Crippen molar-refractivity contribution in [1.82, 2.24) is 5.32 Å². The third kappa shape index (κ3) is 5.70. The lowest BCUT2D eigenvalue weighted by molar-refractivity contribution is -0.888. The van der Waals surface area contributed by atoms with Crippen molar-refractivity contribution in [3.8, 4) is 0 Å². The van der Waals surface area contributed by atoms with E-state index in [1.807, 2.05) is 0 Å². The second-order valence-corrected chi connectivity index (χ2v) is 4.14. The van der Waals surface area contributed by atoms with Gasteiger partial charge in [0.2, 0.25) is 5.78 Å². The summed E-state index contributed by atoms with van der Waals surface area (Å²) in [6, 6.07) is 0. The number of ketones is 1. The van der Waals surface area contributed by atoms with Crippen LogP contribution in [0.4, 0.5) is 0 Å². The second kappa shape index (κ2) is 5.75. The topological polar surface area (TPSA) is 46.2 Å². The third-order valence-corrected chi connectivity index (χ3v) is 2.40. The standard InChI is InChI=1S/C10H20N2O2/c1-5-12(3,4)8-6-7-11-10(14)9(2)13/h5-8H2,1-4H3/p+1. The maximum Gasteiger partial charge on any atom is 0.287 e. The van der Waals surface area contributed by atoms with Crippen molar-refractivity contribution in [1.29, 1.82) is 0 Å². The smallest absolute Gasteiger partial charge is 0.287 e. The molecule has 0 aliphatic carbocycles. The number of Topliss-reactive ketones (excluding diaryl/α,β-unsaturated/α-hetero) is 1. The molecule has 0 fully saturated rings. The van der Waals surface area contributed by atoms with Gasteiger partial charge in [0.15, 0.2) is 0 Å². The van der Waals surface area contributed by atoms with E-state index in [1.165, 1.54) is 6.92 Å². The minimum Gasteiger partial charge on any atom is -0.349 e. The number of nitrogens with one attached hydrogen (secondary N) is 1. The van der Waals surface area contributed by atoms with Gasteiger partial charge >= 0.3 is 0 Å². The van der Waals surface area contributed by atoms with Gasteiger partial charge in [0.05, 0.1) is 27.2 Å². The molecule has 0 bridgehead atoms. The van der Waals surface area contributed by atoms with Gasteiger partial charge in [0.1, 0.15) is 0 Å². The fourth-order valence-electron chi connectivity index (χ4n) is 0.992. The molecular weight excluding hydrogens is 180 g/mol. The summed E-state index contributed by atoms with van der Waals surface area (Å²) in [5, 5.41) is 2.58. The van der Waals surface area contributed by atoms with Crippen LogP contribution in [-0.2, 0) is 9.59 Å². The van der Waals surface area contributed by atoms with Crippen molar-refractivity contribution in [3.05, 3.63) is 0 Å². The van der Waals surface area contributed by atoms with Crippen molar-refractivity contribution >= 4 is 11.7 Å². The Bertz CT molecular complexity index is 212. The van der Waals surface area contributed by atoms with Crippen molar-refractivity contribution in [2.75, 3.05) is 33.7 Å². The van der Waals surface area contributed by atoms with E-state index in [-0.39, 0.29) is 0 Å². The molecule has 0 atom stereocenters. The van der Waals surface area contributed by atoms with Crippen LogP contribution in [0, 0.1) is 0 Å². The van der Waals surface area contributed by atoms with Crippen LogP contribution in [0.3, 0.4) is 0 Å². The SMILES string of the molecule is CC[N+](C)(C)CCCNC(=O)C(C)=O. The van der Waals surface area contributed by atoms with E-state index in [1.54, 1.807) is 0 Å². The molecule has 4 heteroatoms. The average molecular weight is 201 g/mol. The number of carbonyl (C=O) groups excluding carboxylic acids is 2.